The molecule has 2 aromatic rings. The van der Waals surface area contributed by atoms with Crippen LogP contribution in [0.15, 0.2) is 48.5 Å². The van der Waals surface area contributed by atoms with Crippen LogP contribution in [0, 0.1) is 5.82 Å². The summed E-state index contributed by atoms with van der Waals surface area (Å²) in [5, 5.41) is 7.35. The Morgan fingerprint density at radius 3 is 2.19 bits per heavy atom. The first-order chi connectivity index (χ1) is 12.9. The van der Waals surface area contributed by atoms with Crippen LogP contribution in [-0.2, 0) is 16.0 Å². The van der Waals surface area contributed by atoms with Gasteiger partial charge < -0.3 is 10.6 Å². The van der Waals surface area contributed by atoms with Crippen molar-refractivity contribution >= 4 is 17.8 Å². The predicted molar refractivity (Wildman–Crippen MR) is 98.2 cm³/mol. The lowest BCUT2D eigenvalue weighted by atomic mass is 9.98. The van der Waals surface area contributed by atoms with Crippen molar-refractivity contribution in [1.29, 1.82) is 0 Å². The summed E-state index contributed by atoms with van der Waals surface area (Å²) in [6, 6.07) is 13.5. The summed E-state index contributed by atoms with van der Waals surface area (Å²) in [6.45, 7) is 1.93. The molecule has 1 atom stereocenters. The van der Waals surface area contributed by atoms with Gasteiger partial charge in [0.15, 0.2) is 0 Å². The standard InChI is InChI=1S/C20H20FN3O3/c1-20(18(26)23-19(27)24-20)12-17(25)22-11-10-13-2-4-14(5-3-13)15-6-8-16(21)9-7-15/h2-9H,10-12H2,1H3,(H,22,25)(H2,23,24,26,27). The first kappa shape index (κ1) is 18.6. The summed E-state index contributed by atoms with van der Waals surface area (Å²) in [6.07, 6.45) is 0.513. The van der Waals surface area contributed by atoms with Crippen molar-refractivity contribution in [3.8, 4) is 11.1 Å². The van der Waals surface area contributed by atoms with E-state index in [1.807, 2.05) is 24.3 Å². The smallest absolute Gasteiger partial charge is 0.322 e. The third-order valence-corrected chi connectivity index (χ3v) is 4.50. The Morgan fingerprint density at radius 1 is 1.04 bits per heavy atom. The number of benzene rings is 2. The van der Waals surface area contributed by atoms with Crippen LogP contribution in [0.4, 0.5) is 9.18 Å². The Bertz CT molecular complexity index is 865. The zero-order chi connectivity index (χ0) is 19.4. The van der Waals surface area contributed by atoms with Crippen LogP contribution < -0.4 is 16.0 Å². The van der Waals surface area contributed by atoms with Gasteiger partial charge >= 0.3 is 6.03 Å². The molecule has 1 aliphatic heterocycles. The normalized spacial score (nSPS) is 18.7. The van der Waals surface area contributed by atoms with E-state index in [0.717, 1.165) is 16.7 Å². The molecule has 0 aliphatic carbocycles. The van der Waals surface area contributed by atoms with Crippen LogP contribution in [-0.4, -0.2) is 29.9 Å². The van der Waals surface area contributed by atoms with Crippen molar-refractivity contribution in [3.63, 3.8) is 0 Å². The molecule has 3 rings (SSSR count). The lowest BCUT2D eigenvalue weighted by molar-refractivity contribution is -0.129. The predicted octanol–water partition coefficient (Wildman–Crippen LogP) is 2.14. The highest BCUT2D eigenvalue weighted by atomic mass is 19.1. The van der Waals surface area contributed by atoms with Crippen molar-refractivity contribution in [2.75, 3.05) is 6.54 Å². The molecule has 3 N–H and O–H groups in total. The summed E-state index contributed by atoms with van der Waals surface area (Å²) < 4.78 is 13.0. The van der Waals surface area contributed by atoms with Crippen LogP contribution >= 0.6 is 0 Å². The summed E-state index contributed by atoms with van der Waals surface area (Å²) in [5.41, 5.74) is 1.75. The molecule has 2 aromatic carbocycles. The quantitative estimate of drug-likeness (QED) is 0.682. The largest absolute Gasteiger partial charge is 0.356 e. The van der Waals surface area contributed by atoms with Crippen LogP contribution in [0.25, 0.3) is 11.1 Å². The summed E-state index contributed by atoms with van der Waals surface area (Å²) in [4.78, 5) is 35.0. The number of imide groups is 1. The van der Waals surface area contributed by atoms with Gasteiger partial charge in [-0.15, -0.1) is 0 Å². The van der Waals surface area contributed by atoms with E-state index < -0.39 is 17.5 Å². The second-order valence-electron chi connectivity index (χ2n) is 6.72. The van der Waals surface area contributed by atoms with Gasteiger partial charge in [0, 0.05) is 6.54 Å². The molecular formula is C20H20FN3O3. The topological polar surface area (TPSA) is 87.3 Å². The minimum absolute atomic E-state index is 0.117. The van der Waals surface area contributed by atoms with Gasteiger partial charge in [0.25, 0.3) is 5.91 Å². The maximum absolute atomic E-state index is 13.0. The van der Waals surface area contributed by atoms with Crippen molar-refractivity contribution in [2.45, 2.75) is 25.3 Å². The molecule has 1 unspecified atom stereocenters. The third kappa shape index (κ3) is 4.49. The van der Waals surface area contributed by atoms with Crippen molar-refractivity contribution in [1.82, 2.24) is 16.0 Å². The maximum atomic E-state index is 13.0. The Labute approximate surface area is 156 Å². The Morgan fingerprint density at radius 2 is 1.63 bits per heavy atom. The number of rotatable bonds is 6. The molecule has 1 fully saturated rings. The Hall–Kier alpha value is -3.22. The van der Waals surface area contributed by atoms with Crippen molar-refractivity contribution in [3.05, 3.63) is 59.9 Å². The number of hydrogen-bond donors (Lipinski definition) is 3. The molecule has 7 heteroatoms. The van der Waals surface area contributed by atoms with E-state index in [1.165, 1.54) is 19.1 Å². The molecule has 6 nitrogen and oxygen atoms in total. The van der Waals surface area contributed by atoms with Gasteiger partial charge in [0.1, 0.15) is 11.4 Å². The van der Waals surface area contributed by atoms with Crippen LogP contribution in [0.5, 0.6) is 0 Å². The van der Waals surface area contributed by atoms with Gasteiger partial charge in [-0.2, -0.15) is 0 Å². The van der Waals surface area contributed by atoms with E-state index in [-0.39, 0.29) is 18.1 Å². The second kappa shape index (κ2) is 7.57. The number of nitrogens with one attached hydrogen (secondary N) is 3. The second-order valence-corrected chi connectivity index (χ2v) is 6.72. The number of urea groups is 1. The van der Waals surface area contributed by atoms with Gasteiger partial charge in [0.2, 0.25) is 5.91 Å². The lowest BCUT2D eigenvalue weighted by Crippen LogP contribution is -2.47. The molecule has 27 heavy (non-hydrogen) atoms. The molecule has 140 valence electrons. The van der Waals surface area contributed by atoms with Crippen LogP contribution in [0.1, 0.15) is 18.9 Å². The minimum atomic E-state index is -1.21. The molecule has 0 spiro atoms. The molecule has 4 amide bonds. The molecular weight excluding hydrogens is 349 g/mol. The first-order valence-corrected chi connectivity index (χ1v) is 8.61. The van der Waals surface area contributed by atoms with E-state index in [2.05, 4.69) is 16.0 Å². The highest BCUT2D eigenvalue weighted by Crippen LogP contribution is 2.20. The fourth-order valence-corrected chi connectivity index (χ4v) is 2.94. The maximum Gasteiger partial charge on any atom is 0.322 e. The first-order valence-electron chi connectivity index (χ1n) is 8.61. The third-order valence-electron chi connectivity index (χ3n) is 4.50. The van der Waals surface area contributed by atoms with Crippen LogP contribution in [0.3, 0.4) is 0 Å². The summed E-state index contributed by atoms with van der Waals surface area (Å²) >= 11 is 0. The monoisotopic (exact) mass is 369 g/mol. The lowest BCUT2D eigenvalue weighted by Gasteiger charge is -2.19. The van der Waals surface area contributed by atoms with Gasteiger partial charge in [-0.05, 0) is 42.2 Å². The van der Waals surface area contributed by atoms with Crippen LogP contribution in [0.2, 0.25) is 0 Å². The zero-order valence-electron chi connectivity index (χ0n) is 14.8. The van der Waals surface area contributed by atoms with Crippen molar-refractivity contribution in [2.24, 2.45) is 0 Å². The SMILES string of the molecule is CC1(CC(=O)NCCc2ccc(-c3ccc(F)cc3)cc2)NC(=O)NC1=O. The van der Waals surface area contributed by atoms with E-state index >= 15 is 0 Å². The summed E-state index contributed by atoms with van der Waals surface area (Å²) in [5.74, 6) is -1.08. The fraction of sp³-hybridized carbons (Fsp3) is 0.250. The molecule has 0 saturated carbocycles. The Balaban J connectivity index is 1.49. The van der Waals surface area contributed by atoms with E-state index in [0.29, 0.717) is 13.0 Å². The van der Waals surface area contributed by atoms with Gasteiger partial charge in [-0.3, -0.25) is 14.9 Å². The minimum Gasteiger partial charge on any atom is -0.356 e. The zero-order valence-corrected chi connectivity index (χ0v) is 14.8. The molecule has 0 aromatic heterocycles. The molecule has 1 heterocycles. The number of amides is 4. The molecule has 0 radical (unpaired) electrons. The van der Waals surface area contributed by atoms with E-state index in [4.69, 9.17) is 0 Å². The van der Waals surface area contributed by atoms with Gasteiger partial charge in [-0.25, -0.2) is 9.18 Å². The molecule has 1 aliphatic rings. The Kier molecular flexibility index (Phi) is 5.21. The highest BCUT2D eigenvalue weighted by Gasteiger charge is 2.43. The number of carbonyl (C=O) groups excluding carboxylic acids is 3. The average molecular weight is 369 g/mol. The molecule has 0 bridgehead atoms. The summed E-state index contributed by atoms with van der Waals surface area (Å²) in [7, 11) is 0. The van der Waals surface area contributed by atoms with Gasteiger partial charge in [0.05, 0.1) is 6.42 Å². The van der Waals surface area contributed by atoms with E-state index in [1.54, 1.807) is 12.1 Å². The number of halogens is 1. The molecule has 1 saturated heterocycles. The van der Waals surface area contributed by atoms with Gasteiger partial charge in [-0.1, -0.05) is 36.4 Å². The highest BCUT2D eigenvalue weighted by molar-refractivity contribution is 6.08. The average Bonchev–Trinajstić information content (AvgIpc) is 2.87. The fourth-order valence-electron chi connectivity index (χ4n) is 2.94. The van der Waals surface area contributed by atoms with E-state index in [9.17, 15) is 18.8 Å². The van der Waals surface area contributed by atoms with Crippen molar-refractivity contribution < 1.29 is 18.8 Å². The number of hydrogen-bond acceptors (Lipinski definition) is 3. The number of carbonyl (C=O) groups is 3.